The van der Waals surface area contributed by atoms with Crippen LogP contribution in [0.4, 0.5) is 0 Å². The first kappa shape index (κ1) is 29.8. The first-order valence-corrected chi connectivity index (χ1v) is 14.8. The Labute approximate surface area is 233 Å². The molecule has 8 nitrogen and oxygen atoms in total. The van der Waals surface area contributed by atoms with E-state index >= 15 is 0 Å². The Morgan fingerprint density at radius 1 is 1.03 bits per heavy atom. The number of amides is 2. The number of fused-ring (bicyclic) bond motifs is 2. The average molecular weight is 545 g/mol. The average Bonchev–Trinajstić information content (AvgIpc) is 3.20. The number of aliphatic hydroxyl groups excluding tert-OH is 1. The summed E-state index contributed by atoms with van der Waals surface area (Å²) in [5.41, 5.74) is -2.95. The quantitative estimate of drug-likeness (QED) is 0.401. The van der Waals surface area contributed by atoms with Gasteiger partial charge >= 0.3 is 5.97 Å². The van der Waals surface area contributed by atoms with E-state index in [0.29, 0.717) is 26.0 Å². The van der Waals surface area contributed by atoms with Crippen LogP contribution in [0.2, 0.25) is 0 Å². The standard InChI is InChI=1S/C31H48N2O6/c1-8-21(19-34)33-24-26(36)32(29(6,7)20-28(3,4)5)17-14-16-31(24)22(25(33)35)23-27(37)38-18-13-11-10-12-15-30(23,9-2)39-31/h12,14-16,21-24,34H,8-11,13,17-20H2,1-7H3/b15-12-/t21-,22-,23+,24?,30-,31-/m0/s1. The molecule has 0 aliphatic carbocycles. The highest BCUT2D eigenvalue weighted by atomic mass is 16.6. The fourth-order valence-electron chi connectivity index (χ4n) is 7.72. The van der Waals surface area contributed by atoms with E-state index in [0.717, 1.165) is 25.7 Å². The lowest BCUT2D eigenvalue weighted by Crippen LogP contribution is -2.62. The number of likely N-dealkylation sites (tertiary alicyclic amines) is 1. The molecule has 218 valence electrons. The van der Waals surface area contributed by atoms with Crippen LogP contribution in [0.5, 0.6) is 0 Å². The van der Waals surface area contributed by atoms with Crippen molar-refractivity contribution in [3.8, 4) is 0 Å². The molecule has 0 aromatic rings. The number of ether oxygens (including phenoxy) is 2. The molecule has 0 bridgehead atoms. The molecule has 4 rings (SSSR count). The molecule has 8 heteroatoms. The molecule has 39 heavy (non-hydrogen) atoms. The lowest BCUT2D eigenvalue weighted by Gasteiger charge is -2.46. The molecular weight excluding hydrogens is 496 g/mol. The van der Waals surface area contributed by atoms with Crippen molar-refractivity contribution in [1.82, 2.24) is 9.80 Å². The zero-order valence-corrected chi connectivity index (χ0v) is 24.9. The van der Waals surface area contributed by atoms with E-state index in [2.05, 4.69) is 34.6 Å². The summed E-state index contributed by atoms with van der Waals surface area (Å²) in [6, 6.07) is -1.56. The number of hydrogen-bond donors (Lipinski definition) is 1. The molecule has 4 heterocycles. The molecule has 6 atom stereocenters. The van der Waals surface area contributed by atoms with Crippen molar-refractivity contribution < 1.29 is 29.0 Å². The molecule has 1 N–H and O–H groups in total. The molecule has 4 aliphatic heterocycles. The maximum atomic E-state index is 14.7. The highest BCUT2D eigenvalue weighted by Crippen LogP contribution is 2.59. The second-order valence-electron chi connectivity index (χ2n) is 13.6. The van der Waals surface area contributed by atoms with Gasteiger partial charge in [0.15, 0.2) is 0 Å². The van der Waals surface area contributed by atoms with Gasteiger partial charge in [-0.2, -0.15) is 0 Å². The highest BCUT2D eigenvalue weighted by molar-refractivity contribution is 5.99. The number of allylic oxidation sites excluding steroid dienone is 1. The van der Waals surface area contributed by atoms with Gasteiger partial charge in [0.05, 0.1) is 25.2 Å². The van der Waals surface area contributed by atoms with Crippen LogP contribution in [0.15, 0.2) is 24.3 Å². The van der Waals surface area contributed by atoms with Crippen molar-refractivity contribution in [2.24, 2.45) is 17.3 Å². The summed E-state index contributed by atoms with van der Waals surface area (Å²) < 4.78 is 12.7. The van der Waals surface area contributed by atoms with Crippen molar-refractivity contribution in [3.05, 3.63) is 24.3 Å². The summed E-state index contributed by atoms with van der Waals surface area (Å²) in [6.45, 7) is 14.8. The number of carbonyl (C=O) groups excluding carboxylic acids is 3. The Balaban J connectivity index is 1.91. The Bertz CT molecular complexity index is 1020. The van der Waals surface area contributed by atoms with Crippen molar-refractivity contribution in [3.63, 3.8) is 0 Å². The molecule has 0 saturated carbocycles. The third-order valence-corrected chi connectivity index (χ3v) is 9.09. The van der Waals surface area contributed by atoms with Crippen LogP contribution in [0.1, 0.15) is 87.0 Å². The molecule has 2 saturated heterocycles. The molecular formula is C31H48N2O6. The van der Waals surface area contributed by atoms with Crippen LogP contribution in [-0.2, 0) is 23.9 Å². The van der Waals surface area contributed by atoms with Crippen LogP contribution in [0.3, 0.4) is 0 Å². The van der Waals surface area contributed by atoms with E-state index in [-0.39, 0.29) is 23.8 Å². The molecule has 1 spiro atoms. The van der Waals surface area contributed by atoms with Gasteiger partial charge in [0.2, 0.25) is 11.8 Å². The van der Waals surface area contributed by atoms with Gasteiger partial charge in [-0.15, -0.1) is 0 Å². The monoisotopic (exact) mass is 544 g/mol. The molecule has 0 aromatic carbocycles. The van der Waals surface area contributed by atoms with Crippen molar-refractivity contribution in [1.29, 1.82) is 0 Å². The summed E-state index contributed by atoms with van der Waals surface area (Å²) in [5.74, 6) is -2.79. The summed E-state index contributed by atoms with van der Waals surface area (Å²) in [6.07, 6.45) is 11.9. The summed E-state index contributed by atoms with van der Waals surface area (Å²) >= 11 is 0. The maximum absolute atomic E-state index is 14.7. The smallest absolute Gasteiger partial charge is 0.313 e. The largest absolute Gasteiger partial charge is 0.465 e. The minimum atomic E-state index is -1.35. The van der Waals surface area contributed by atoms with E-state index < -0.39 is 46.6 Å². The normalized spacial score (nSPS) is 35.2. The molecule has 2 amide bonds. The Hall–Kier alpha value is -2.19. The molecule has 0 aromatic heterocycles. The van der Waals surface area contributed by atoms with E-state index in [1.54, 1.807) is 0 Å². The van der Waals surface area contributed by atoms with Crippen LogP contribution in [-0.4, -0.2) is 81.3 Å². The number of carbonyl (C=O) groups is 3. The lowest BCUT2D eigenvalue weighted by atomic mass is 9.73. The van der Waals surface area contributed by atoms with Crippen LogP contribution in [0.25, 0.3) is 0 Å². The summed E-state index contributed by atoms with van der Waals surface area (Å²) in [4.78, 5) is 46.3. The Morgan fingerprint density at radius 2 is 1.74 bits per heavy atom. The lowest BCUT2D eigenvalue weighted by molar-refractivity contribution is -0.164. The second-order valence-corrected chi connectivity index (χ2v) is 13.6. The highest BCUT2D eigenvalue weighted by Gasteiger charge is 2.76. The van der Waals surface area contributed by atoms with E-state index in [1.807, 2.05) is 43.1 Å². The van der Waals surface area contributed by atoms with Gasteiger partial charge in [-0.05, 0) is 57.8 Å². The second kappa shape index (κ2) is 10.7. The van der Waals surface area contributed by atoms with Crippen molar-refractivity contribution in [2.45, 2.75) is 116 Å². The van der Waals surface area contributed by atoms with Gasteiger partial charge in [-0.25, -0.2) is 0 Å². The third-order valence-electron chi connectivity index (χ3n) is 9.09. The van der Waals surface area contributed by atoms with Gasteiger partial charge in [-0.3, -0.25) is 14.4 Å². The minimum Gasteiger partial charge on any atom is -0.465 e. The number of cyclic esters (lactones) is 1. The minimum absolute atomic E-state index is 0.0323. The van der Waals surface area contributed by atoms with E-state index in [4.69, 9.17) is 9.47 Å². The number of rotatable bonds is 6. The molecule has 2 fully saturated rings. The Kier molecular flexibility index (Phi) is 8.14. The fourth-order valence-corrected chi connectivity index (χ4v) is 7.72. The predicted octanol–water partition coefficient (Wildman–Crippen LogP) is 4.01. The zero-order valence-electron chi connectivity index (χ0n) is 24.9. The third kappa shape index (κ3) is 4.96. The number of esters is 1. The number of hydrogen-bond acceptors (Lipinski definition) is 6. The SMILES string of the molecule is CC[C@@H](CO)N1C(=O)[C@@H]2[C@@H]3C(=O)OCCCC/C=C\[C@]3(CC)O[C@@]23C=CCN(C(C)(C)CC(C)(C)C)C(=O)C13. The van der Waals surface area contributed by atoms with Gasteiger partial charge < -0.3 is 24.4 Å². The van der Waals surface area contributed by atoms with Gasteiger partial charge in [-0.1, -0.05) is 58.9 Å². The molecule has 1 unspecified atom stereocenters. The zero-order chi connectivity index (χ0) is 28.8. The first-order valence-electron chi connectivity index (χ1n) is 14.8. The molecule has 4 aliphatic rings. The van der Waals surface area contributed by atoms with Crippen LogP contribution >= 0.6 is 0 Å². The topological polar surface area (TPSA) is 96.4 Å². The number of nitrogens with zero attached hydrogens (tertiary/aromatic N) is 2. The number of aliphatic hydroxyl groups is 1. The van der Waals surface area contributed by atoms with Crippen molar-refractivity contribution in [2.75, 3.05) is 19.8 Å². The van der Waals surface area contributed by atoms with Gasteiger partial charge in [0, 0.05) is 12.1 Å². The fraction of sp³-hybridized carbons (Fsp3) is 0.774. The predicted molar refractivity (Wildman–Crippen MR) is 149 cm³/mol. The van der Waals surface area contributed by atoms with Gasteiger partial charge in [0.1, 0.15) is 23.2 Å². The molecule has 0 radical (unpaired) electrons. The Morgan fingerprint density at radius 3 is 2.36 bits per heavy atom. The van der Waals surface area contributed by atoms with E-state index in [1.165, 1.54) is 4.90 Å². The van der Waals surface area contributed by atoms with Gasteiger partial charge in [0.25, 0.3) is 0 Å². The summed E-state index contributed by atoms with van der Waals surface area (Å²) in [7, 11) is 0. The van der Waals surface area contributed by atoms with Crippen LogP contribution < -0.4 is 0 Å². The van der Waals surface area contributed by atoms with E-state index in [9.17, 15) is 19.5 Å². The van der Waals surface area contributed by atoms with Crippen LogP contribution in [0, 0.1) is 17.3 Å². The van der Waals surface area contributed by atoms with Crippen molar-refractivity contribution >= 4 is 17.8 Å². The summed E-state index contributed by atoms with van der Waals surface area (Å²) in [5, 5.41) is 10.3. The first-order chi connectivity index (χ1) is 18.3. The maximum Gasteiger partial charge on any atom is 0.313 e.